The molecule has 0 saturated heterocycles. The van der Waals surface area contributed by atoms with Crippen molar-refractivity contribution < 1.29 is 17.6 Å². The molecule has 0 aromatic heterocycles. The van der Waals surface area contributed by atoms with Gasteiger partial charge in [0.15, 0.2) is 0 Å². The van der Waals surface area contributed by atoms with Gasteiger partial charge in [0.2, 0.25) is 0 Å². The second-order valence-electron chi connectivity index (χ2n) is 6.83. The molecule has 0 saturated carbocycles. The summed E-state index contributed by atoms with van der Waals surface area (Å²) in [4.78, 5) is 0. The Morgan fingerprint density at radius 3 is 1.63 bits per heavy atom. The van der Waals surface area contributed by atoms with Gasteiger partial charge < -0.3 is 0 Å². The highest BCUT2D eigenvalue weighted by Crippen LogP contribution is 2.16. The normalized spacial score (nSPS) is 10.1. The molecule has 4 heteroatoms. The van der Waals surface area contributed by atoms with Gasteiger partial charge in [-0.2, -0.15) is 0 Å². The average Bonchev–Trinajstić information content (AvgIpc) is 2.71. The quantitative estimate of drug-likeness (QED) is 0.346. The van der Waals surface area contributed by atoms with E-state index < -0.39 is 28.8 Å². The van der Waals surface area contributed by atoms with Crippen molar-refractivity contribution in [1.29, 1.82) is 0 Å². The van der Waals surface area contributed by atoms with E-state index in [0.717, 1.165) is 42.7 Å². The Balaban J connectivity index is 1.85. The van der Waals surface area contributed by atoms with Gasteiger partial charge in [0, 0.05) is 22.3 Å². The summed E-state index contributed by atoms with van der Waals surface area (Å²) in [5, 5.41) is 0. The fourth-order valence-electron chi connectivity index (χ4n) is 2.80. The molecule has 3 aromatic rings. The average molecular weight is 406 g/mol. The summed E-state index contributed by atoms with van der Waals surface area (Å²) in [6.07, 6.45) is 2.03. The van der Waals surface area contributed by atoms with Crippen LogP contribution in [-0.4, -0.2) is 0 Å². The summed E-state index contributed by atoms with van der Waals surface area (Å²) in [7, 11) is 0. The molecule has 0 radical (unpaired) electrons. The molecule has 0 N–H and O–H groups in total. The standard InChI is InChI=1S/C26H18F4/c1-3-4-18-5-7-19(8-6-18)9-10-20-15-25(29)22(26(30)16-20)12-11-21-13-23(27)17(2)24(28)14-21/h5-8,13-16H,3-4H2,1-2H3. The molecule has 0 unspecified atom stereocenters. The third kappa shape index (κ3) is 5.10. The van der Waals surface area contributed by atoms with Crippen molar-refractivity contribution in [3.05, 3.63) is 105 Å². The maximum Gasteiger partial charge on any atom is 0.143 e. The molecule has 0 amide bonds. The van der Waals surface area contributed by atoms with Gasteiger partial charge in [-0.05, 0) is 55.3 Å². The van der Waals surface area contributed by atoms with E-state index in [1.807, 2.05) is 24.3 Å². The number of halogens is 4. The van der Waals surface area contributed by atoms with Crippen molar-refractivity contribution in [2.45, 2.75) is 26.7 Å². The molecule has 0 aliphatic rings. The number of hydrogen-bond donors (Lipinski definition) is 0. The van der Waals surface area contributed by atoms with Crippen molar-refractivity contribution in [1.82, 2.24) is 0 Å². The lowest BCUT2D eigenvalue weighted by molar-refractivity contribution is 0.567. The maximum absolute atomic E-state index is 14.3. The zero-order valence-electron chi connectivity index (χ0n) is 16.5. The summed E-state index contributed by atoms with van der Waals surface area (Å²) in [5.41, 5.74) is 1.48. The van der Waals surface area contributed by atoms with Gasteiger partial charge in [0.25, 0.3) is 0 Å². The van der Waals surface area contributed by atoms with Crippen LogP contribution in [-0.2, 0) is 6.42 Å². The minimum Gasteiger partial charge on any atom is -0.207 e. The van der Waals surface area contributed by atoms with Gasteiger partial charge >= 0.3 is 0 Å². The van der Waals surface area contributed by atoms with Crippen LogP contribution in [0.3, 0.4) is 0 Å². The molecule has 3 rings (SSSR count). The molecular weight excluding hydrogens is 388 g/mol. The molecule has 0 aliphatic carbocycles. The first-order valence-corrected chi connectivity index (χ1v) is 9.45. The summed E-state index contributed by atoms with van der Waals surface area (Å²) in [6.45, 7) is 3.39. The van der Waals surface area contributed by atoms with Crippen LogP contribution in [0, 0.1) is 53.9 Å². The first-order chi connectivity index (χ1) is 14.4. The van der Waals surface area contributed by atoms with E-state index in [1.165, 1.54) is 12.5 Å². The minimum atomic E-state index is -0.891. The van der Waals surface area contributed by atoms with Crippen LogP contribution in [0.5, 0.6) is 0 Å². The topological polar surface area (TPSA) is 0 Å². The Bertz CT molecular complexity index is 1150. The molecule has 0 bridgehead atoms. The molecule has 30 heavy (non-hydrogen) atoms. The third-order valence-electron chi connectivity index (χ3n) is 4.50. The number of rotatable bonds is 2. The zero-order chi connectivity index (χ0) is 21.7. The predicted octanol–water partition coefficient (Wildman–Crippen LogP) is 6.30. The second-order valence-corrected chi connectivity index (χ2v) is 6.83. The fraction of sp³-hybridized carbons (Fsp3) is 0.154. The largest absolute Gasteiger partial charge is 0.207 e. The summed E-state index contributed by atoms with van der Waals surface area (Å²) in [6, 6.07) is 11.9. The molecule has 0 aliphatic heterocycles. The van der Waals surface area contributed by atoms with Gasteiger partial charge in [-0.25, -0.2) is 17.6 Å². The lowest BCUT2D eigenvalue weighted by Crippen LogP contribution is -1.94. The van der Waals surface area contributed by atoms with Crippen molar-refractivity contribution in [2.75, 3.05) is 0 Å². The van der Waals surface area contributed by atoms with Crippen LogP contribution in [0.2, 0.25) is 0 Å². The van der Waals surface area contributed by atoms with Crippen molar-refractivity contribution in [3.8, 4) is 23.7 Å². The Kier molecular flexibility index (Phi) is 6.60. The smallest absolute Gasteiger partial charge is 0.143 e. The van der Waals surface area contributed by atoms with Crippen molar-refractivity contribution in [3.63, 3.8) is 0 Å². The van der Waals surface area contributed by atoms with Crippen LogP contribution in [0.1, 0.15) is 46.7 Å². The fourth-order valence-corrected chi connectivity index (χ4v) is 2.80. The van der Waals surface area contributed by atoms with Gasteiger partial charge in [0.05, 0.1) is 5.56 Å². The van der Waals surface area contributed by atoms with E-state index >= 15 is 0 Å². The van der Waals surface area contributed by atoms with Crippen LogP contribution in [0.25, 0.3) is 0 Å². The highest BCUT2D eigenvalue weighted by molar-refractivity contribution is 5.49. The summed E-state index contributed by atoms with van der Waals surface area (Å²) >= 11 is 0. The molecule has 0 spiro atoms. The second kappa shape index (κ2) is 9.33. The first-order valence-electron chi connectivity index (χ1n) is 9.45. The first kappa shape index (κ1) is 21.2. The van der Waals surface area contributed by atoms with E-state index in [9.17, 15) is 17.6 Å². The third-order valence-corrected chi connectivity index (χ3v) is 4.50. The van der Waals surface area contributed by atoms with E-state index in [-0.39, 0.29) is 16.7 Å². The van der Waals surface area contributed by atoms with Crippen LogP contribution in [0.4, 0.5) is 17.6 Å². The Hall–Kier alpha value is -3.50. The van der Waals surface area contributed by atoms with Crippen molar-refractivity contribution in [2.24, 2.45) is 0 Å². The molecule has 3 aromatic carbocycles. The van der Waals surface area contributed by atoms with E-state index in [2.05, 4.69) is 30.6 Å². The summed E-state index contributed by atoms with van der Waals surface area (Å²) < 4.78 is 55.9. The highest BCUT2D eigenvalue weighted by atomic mass is 19.1. The van der Waals surface area contributed by atoms with E-state index in [1.54, 1.807) is 0 Å². The zero-order valence-corrected chi connectivity index (χ0v) is 16.5. The lowest BCUT2D eigenvalue weighted by atomic mass is 10.1. The highest BCUT2D eigenvalue weighted by Gasteiger charge is 2.09. The maximum atomic E-state index is 14.3. The van der Waals surface area contributed by atoms with Gasteiger partial charge in [0.1, 0.15) is 23.3 Å². The molecular formula is C26H18F4. The molecule has 0 fully saturated rings. The molecule has 150 valence electrons. The van der Waals surface area contributed by atoms with Crippen LogP contribution < -0.4 is 0 Å². The Morgan fingerprint density at radius 2 is 1.10 bits per heavy atom. The predicted molar refractivity (Wildman–Crippen MR) is 110 cm³/mol. The van der Waals surface area contributed by atoms with Gasteiger partial charge in [-0.3, -0.25) is 0 Å². The number of aryl methyl sites for hydroxylation is 1. The number of benzene rings is 3. The lowest BCUT2D eigenvalue weighted by Gasteiger charge is -2.01. The van der Waals surface area contributed by atoms with E-state index in [0.29, 0.717) is 0 Å². The van der Waals surface area contributed by atoms with Gasteiger partial charge in [-0.15, -0.1) is 0 Å². The summed E-state index contributed by atoms with van der Waals surface area (Å²) in [5.74, 6) is 7.00. The molecule has 0 heterocycles. The monoisotopic (exact) mass is 406 g/mol. The van der Waals surface area contributed by atoms with Crippen LogP contribution >= 0.6 is 0 Å². The van der Waals surface area contributed by atoms with Crippen LogP contribution in [0.15, 0.2) is 48.5 Å². The SMILES string of the molecule is CCCc1ccc(C#Cc2cc(F)c(C#Cc3cc(F)c(C)c(F)c3)c(F)c2)cc1. The minimum absolute atomic E-state index is 0.00946. The molecule has 0 atom stereocenters. The Labute approximate surface area is 173 Å². The van der Waals surface area contributed by atoms with Crippen molar-refractivity contribution >= 4 is 0 Å². The van der Waals surface area contributed by atoms with Gasteiger partial charge in [-0.1, -0.05) is 49.2 Å². The van der Waals surface area contributed by atoms with E-state index in [4.69, 9.17) is 0 Å². The molecule has 0 nitrogen and oxygen atoms in total. The Morgan fingerprint density at radius 1 is 0.633 bits per heavy atom. The number of hydrogen-bond acceptors (Lipinski definition) is 0.